The summed E-state index contributed by atoms with van der Waals surface area (Å²) in [6, 6.07) is 13.4. The number of rotatable bonds is 5. The highest BCUT2D eigenvalue weighted by Gasteiger charge is 2.31. The van der Waals surface area contributed by atoms with Gasteiger partial charge in [0.15, 0.2) is 5.82 Å². The number of piperazine rings is 1. The van der Waals surface area contributed by atoms with Crippen LogP contribution in [0.25, 0.3) is 11.3 Å². The van der Waals surface area contributed by atoms with E-state index in [0.29, 0.717) is 49.2 Å². The third-order valence-corrected chi connectivity index (χ3v) is 5.68. The largest absolute Gasteiger partial charge is 0.497 e. The molecule has 10 heteroatoms. The molecule has 0 bridgehead atoms. The lowest BCUT2D eigenvalue weighted by molar-refractivity contribution is -0.137. The number of amides is 1. The molecule has 0 spiro atoms. The highest BCUT2D eigenvalue weighted by atomic mass is 19.4. The predicted octanol–water partition coefficient (Wildman–Crippen LogP) is 4.14. The summed E-state index contributed by atoms with van der Waals surface area (Å²) in [4.78, 5) is 16.3. The first-order valence-corrected chi connectivity index (χ1v) is 10.6. The maximum absolute atomic E-state index is 12.7. The Morgan fingerprint density at radius 2 is 1.59 bits per heavy atom. The molecule has 0 N–H and O–H groups in total. The zero-order valence-corrected chi connectivity index (χ0v) is 18.7. The Bertz CT molecular complexity index is 1140. The van der Waals surface area contributed by atoms with Crippen molar-refractivity contribution >= 4 is 11.7 Å². The predicted molar refractivity (Wildman–Crippen MR) is 120 cm³/mol. The van der Waals surface area contributed by atoms with Crippen molar-refractivity contribution in [2.75, 3.05) is 45.3 Å². The number of hydrogen-bond donors (Lipinski definition) is 0. The lowest BCUT2D eigenvalue weighted by Gasteiger charge is -2.35. The van der Waals surface area contributed by atoms with Gasteiger partial charge in [-0.25, -0.2) is 0 Å². The highest BCUT2D eigenvalue weighted by molar-refractivity contribution is 5.94. The fourth-order valence-electron chi connectivity index (χ4n) is 3.77. The van der Waals surface area contributed by atoms with Crippen molar-refractivity contribution in [3.63, 3.8) is 0 Å². The van der Waals surface area contributed by atoms with Gasteiger partial charge in [-0.3, -0.25) is 4.79 Å². The molecule has 178 valence electrons. The molecular weight excluding hydrogens is 449 g/mol. The van der Waals surface area contributed by atoms with E-state index in [9.17, 15) is 18.0 Å². The van der Waals surface area contributed by atoms with Gasteiger partial charge in [-0.1, -0.05) is 0 Å². The number of alkyl halides is 3. The number of aromatic nitrogens is 2. The molecule has 2 heterocycles. The zero-order chi connectivity index (χ0) is 24.3. The molecule has 0 saturated carbocycles. The summed E-state index contributed by atoms with van der Waals surface area (Å²) in [5.74, 6) is 1.71. The quantitative estimate of drug-likeness (QED) is 0.556. The normalized spacial score (nSPS) is 14.1. The van der Waals surface area contributed by atoms with Crippen LogP contribution in [0.2, 0.25) is 0 Å². The number of halogens is 3. The smallest absolute Gasteiger partial charge is 0.416 e. The molecule has 7 nitrogen and oxygen atoms in total. The Balaban J connectivity index is 1.40. The summed E-state index contributed by atoms with van der Waals surface area (Å²) in [5, 5.41) is 8.68. The fourth-order valence-corrected chi connectivity index (χ4v) is 3.77. The second-order valence-electron chi connectivity index (χ2n) is 7.70. The standard InChI is InChI=1S/C24H23F3N4O3/c1-33-18-7-9-21(34-2)19(15-18)20-8-10-22(29-28-20)30-11-13-31(14-12-30)23(32)16-3-5-17(6-4-16)24(25,26)27/h3-10,15H,11-14H2,1-2H3. The molecule has 1 amide bonds. The van der Waals surface area contributed by atoms with E-state index in [-0.39, 0.29) is 11.5 Å². The summed E-state index contributed by atoms with van der Waals surface area (Å²) in [6.07, 6.45) is -4.43. The molecule has 1 fully saturated rings. The van der Waals surface area contributed by atoms with Crippen molar-refractivity contribution in [3.05, 3.63) is 65.7 Å². The van der Waals surface area contributed by atoms with Crippen molar-refractivity contribution in [2.24, 2.45) is 0 Å². The lowest BCUT2D eigenvalue weighted by atomic mass is 10.1. The zero-order valence-electron chi connectivity index (χ0n) is 18.7. The van der Waals surface area contributed by atoms with Gasteiger partial charge in [0.1, 0.15) is 11.5 Å². The number of hydrogen-bond acceptors (Lipinski definition) is 6. The Morgan fingerprint density at radius 1 is 0.882 bits per heavy atom. The van der Waals surface area contributed by atoms with Crippen LogP contribution in [-0.2, 0) is 6.18 Å². The minimum atomic E-state index is -4.43. The number of ether oxygens (including phenoxy) is 2. The van der Waals surface area contributed by atoms with Crippen LogP contribution in [0.1, 0.15) is 15.9 Å². The van der Waals surface area contributed by atoms with Gasteiger partial charge in [0, 0.05) is 37.3 Å². The lowest BCUT2D eigenvalue weighted by Crippen LogP contribution is -2.49. The van der Waals surface area contributed by atoms with E-state index in [1.165, 1.54) is 12.1 Å². The summed E-state index contributed by atoms with van der Waals surface area (Å²) >= 11 is 0. The van der Waals surface area contributed by atoms with Crippen molar-refractivity contribution in [2.45, 2.75) is 6.18 Å². The number of nitrogens with zero attached hydrogens (tertiary/aromatic N) is 4. The Kier molecular flexibility index (Phi) is 6.58. The van der Waals surface area contributed by atoms with Gasteiger partial charge >= 0.3 is 6.18 Å². The Labute approximate surface area is 194 Å². The molecule has 1 saturated heterocycles. The number of carbonyl (C=O) groups is 1. The van der Waals surface area contributed by atoms with E-state index in [1.807, 2.05) is 23.1 Å². The number of methoxy groups -OCH3 is 2. The average molecular weight is 472 g/mol. The molecule has 0 radical (unpaired) electrons. The molecule has 1 aliphatic heterocycles. The van der Waals surface area contributed by atoms with Crippen LogP contribution in [-0.4, -0.2) is 61.4 Å². The summed E-state index contributed by atoms with van der Waals surface area (Å²) in [6.45, 7) is 1.91. The van der Waals surface area contributed by atoms with E-state index in [1.54, 1.807) is 31.3 Å². The number of carbonyl (C=O) groups excluding carboxylic acids is 1. The van der Waals surface area contributed by atoms with Crippen LogP contribution in [0.15, 0.2) is 54.6 Å². The van der Waals surface area contributed by atoms with Crippen LogP contribution in [0, 0.1) is 0 Å². The van der Waals surface area contributed by atoms with E-state index in [4.69, 9.17) is 9.47 Å². The minimum Gasteiger partial charge on any atom is -0.497 e. The molecule has 0 unspecified atom stereocenters. The highest BCUT2D eigenvalue weighted by Crippen LogP contribution is 2.32. The third kappa shape index (κ3) is 4.90. The minimum absolute atomic E-state index is 0.234. The molecule has 34 heavy (non-hydrogen) atoms. The van der Waals surface area contributed by atoms with Gasteiger partial charge in [0.25, 0.3) is 5.91 Å². The maximum atomic E-state index is 12.7. The molecule has 2 aromatic carbocycles. The summed E-state index contributed by atoms with van der Waals surface area (Å²) in [7, 11) is 3.17. The van der Waals surface area contributed by atoms with Crippen molar-refractivity contribution in [1.82, 2.24) is 15.1 Å². The average Bonchev–Trinajstić information content (AvgIpc) is 2.87. The monoisotopic (exact) mass is 472 g/mol. The van der Waals surface area contributed by atoms with Crippen molar-refractivity contribution in [1.29, 1.82) is 0 Å². The van der Waals surface area contributed by atoms with Gasteiger partial charge in [0.05, 0.1) is 25.5 Å². The summed E-state index contributed by atoms with van der Waals surface area (Å²) < 4.78 is 48.9. The maximum Gasteiger partial charge on any atom is 0.416 e. The topological polar surface area (TPSA) is 67.8 Å². The first-order chi connectivity index (χ1) is 16.3. The third-order valence-electron chi connectivity index (χ3n) is 5.68. The van der Waals surface area contributed by atoms with Crippen LogP contribution >= 0.6 is 0 Å². The van der Waals surface area contributed by atoms with E-state index in [0.717, 1.165) is 17.7 Å². The van der Waals surface area contributed by atoms with Crippen LogP contribution in [0.3, 0.4) is 0 Å². The molecule has 1 aliphatic rings. The first-order valence-electron chi connectivity index (χ1n) is 10.6. The van der Waals surface area contributed by atoms with Gasteiger partial charge in [-0.05, 0) is 54.6 Å². The molecule has 0 atom stereocenters. The Morgan fingerprint density at radius 3 is 2.15 bits per heavy atom. The van der Waals surface area contributed by atoms with E-state index >= 15 is 0 Å². The number of anilines is 1. The van der Waals surface area contributed by atoms with Gasteiger partial charge < -0.3 is 19.3 Å². The first kappa shape index (κ1) is 23.3. The fraction of sp³-hybridized carbons (Fsp3) is 0.292. The Hall–Kier alpha value is -3.82. The second-order valence-corrected chi connectivity index (χ2v) is 7.70. The van der Waals surface area contributed by atoms with Crippen LogP contribution < -0.4 is 14.4 Å². The molecule has 1 aromatic heterocycles. The van der Waals surface area contributed by atoms with Crippen molar-refractivity contribution in [3.8, 4) is 22.8 Å². The van der Waals surface area contributed by atoms with Gasteiger partial charge in [-0.15, -0.1) is 10.2 Å². The van der Waals surface area contributed by atoms with E-state index in [2.05, 4.69) is 10.2 Å². The molecule has 4 rings (SSSR count). The van der Waals surface area contributed by atoms with E-state index < -0.39 is 11.7 Å². The van der Waals surface area contributed by atoms with Gasteiger partial charge in [0.2, 0.25) is 0 Å². The van der Waals surface area contributed by atoms with Crippen LogP contribution in [0.4, 0.5) is 19.0 Å². The van der Waals surface area contributed by atoms with Gasteiger partial charge in [-0.2, -0.15) is 13.2 Å². The SMILES string of the molecule is COc1ccc(OC)c(-c2ccc(N3CCN(C(=O)c4ccc(C(F)(F)F)cc4)CC3)nn2)c1. The number of benzene rings is 2. The molecule has 0 aliphatic carbocycles. The van der Waals surface area contributed by atoms with Crippen molar-refractivity contribution < 1.29 is 27.4 Å². The summed E-state index contributed by atoms with van der Waals surface area (Å²) in [5.41, 5.74) is 0.851. The molecular formula is C24H23F3N4O3. The molecule has 3 aromatic rings. The van der Waals surface area contributed by atoms with Crippen LogP contribution in [0.5, 0.6) is 11.5 Å². The second kappa shape index (κ2) is 9.58.